The first-order valence-electron chi connectivity index (χ1n) is 12.8. The van der Waals surface area contributed by atoms with Crippen LogP contribution in [0.4, 0.5) is 11.5 Å². The van der Waals surface area contributed by atoms with E-state index >= 15 is 0 Å². The van der Waals surface area contributed by atoms with E-state index < -0.39 is 0 Å². The number of aromatic nitrogens is 2. The summed E-state index contributed by atoms with van der Waals surface area (Å²) in [5, 5.41) is 7.05. The number of aryl methyl sites for hydroxylation is 1. The van der Waals surface area contributed by atoms with E-state index in [1.165, 1.54) is 37.1 Å². The number of ether oxygens (including phenoxy) is 1. The largest absolute Gasteiger partial charge is 0.481 e. The number of hydrogen-bond acceptors (Lipinski definition) is 6. The van der Waals surface area contributed by atoms with Gasteiger partial charge in [0, 0.05) is 29.2 Å². The van der Waals surface area contributed by atoms with Gasteiger partial charge in [-0.3, -0.25) is 0 Å². The van der Waals surface area contributed by atoms with Gasteiger partial charge in [-0.05, 0) is 99.3 Å². The van der Waals surface area contributed by atoms with Crippen molar-refractivity contribution >= 4 is 23.3 Å². The fraction of sp³-hybridized carbons (Fsp3) is 0.333. The monoisotopic (exact) mass is 481 g/mol. The number of methoxy groups -OCH3 is 1. The van der Waals surface area contributed by atoms with Gasteiger partial charge in [-0.15, -0.1) is 0 Å². The lowest BCUT2D eigenvalue weighted by atomic mass is 9.87. The van der Waals surface area contributed by atoms with Crippen molar-refractivity contribution in [2.45, 2.75) is 39.0 Å². The fourth-order valence-electron chi connectivity index (χ4n) is 5.20. The molecule has 1 fully saturated rings. The van der Waals surface area contributed by atoms with E-state index in [-0.39, 0.29) is 0 Å². The molecule has 1 saturated heterocycles. The van der Waals surface area contributed by atoms with Crippen LogP contribution in [-0.2, 0) is 0 Å². The molecule has 3 aromatic rings. The maximum atomic E-state index is 5.35. The van der Waals surface area contributed by atoms with Gasteiger partial charge in [0.05, 0.1) is 18.5 Å². The molecule has 2 aromatic heterocycles. The minimum atomic E-state index is 0.574. The molecule has 2 aliphatic heterocycles. The van der Waals surface area contributed by atoms with Crippen LogP contribution in [0.2, 0.25) is 0 Å². The third-order valence-electron chi connectivity index (χ3n) is 7.12. The fourth-order valence-corrected chi connectivity index (χ4v) is 5.20. The van der Waals surface area contributed by atoms with E-state index in [0.717, 1.165) is 46.1 Å². The maximum Gasteiger partial charge on any atom is 0.213 e. The number of hydrogen-bond donors (Lipinski definition) is 2. The van der Waals surface area contributed by atoms with Gasteiger partial charge in [-0.25, -0.2) is 9.97 Å². The van der Waals surface area contributed by atoms with Crippen molar-refractivity contribution in [3.63, 3.8) is 0 Å². The number of nitrogens with one attached hydrogen (secondary N) is 2. The molecule has 0 atom stereocenters. The van der Waals surface area contributed by atoms with Gasteiger partial charge in [0.15, 0.2) is 0 Å². The molecule has 6 nitrogen and oxygen atoms in total. The highest BCUT2D eigenvalue weighted by atomic mass is 16.5. The van der Waals surface area contributed by atoms with Crippen molar-refractivity contribution < 1.29 is 4.74 Å². The van der Waals surface area contributed by atoms with E-state index in [9.17, 15) is 0 Å². The molecule has 0 aliphatic carbocycles. The topological polar surface area (TPSA) is 62.3 Å². The molecular weight excluding hydrogens is 446 g/mol. The summed E-state index contributed by atoms with van der Waals surface area (Å²) in [6.45, 7) is 6.70. The van der Waals surface area contributed by atoms with E-state index in [2.05, 4.69) is 77.8 Å². The lowest BCUT2D eigenvalue weighted by Crippen LogP contribution is -2.29. The Kier molecular flexibility index (Phi) is 7.05. The Morgan fingerprint density at radius 2 is 1.94 bits per heavy atom. The zero-order valence-electron chi connectivity index (χ0n) is 21.6. The number of rotatable bonds is 6. The average molecular weight is 482 g/mol. The number of anilines is 2. The lowest BCUT2D eigenvalue weighted by Gasteiger charge is -2.30. The van der Waals surface area contributed by atoms with Crippen molar-refractivity contribution in [3.8, 4) is 17.3 Å². The summed E-state index contributed by atoms with van der Waals surface area (Å²) in [5.74, 6) is 2.03. The van der Waals surface area contributed by atoms with E-state index in [4.69, 9.17) is 9.72 Å². The molecule has 2 N–H and O–H groups in total. The number of nitrogens with zero attached hydrogens (tertiary/aromatic N) is 3. The predicted octanol–water partition coefficient (Wildman–Crippen LogP) is 6.34. The van der Waals surface area contributed by atoms with Gasteiger partial charge in [-0.1, -0.05) is 25.1 Å². The summed E-state index contributed by atoms with van der Waals surface area (Å²) in [5.41, 5.74) is 8.66. The van der Waals surface area contributed by atoms with Gasteiger partial charge in [-0.2, -0.15) is 0 Å². The van der Waals surface area contributed by atoms with Crippen LogP contribution in [0.25, 0.3) is 23.2 Å². The molecule has 186 valence electrons. The molecule has 0 radical (unpaired) electrons. The first-order valence-corrected chi connectivity index (χ1v) is 12.8. The first-order chi connectivity index (χ1) is 17.6. The van der Waals surface area contributed by atoms with Crippen molar-refractivity contribution in [2.24, 2.45) is 0 Å². The maximum absolute atomic E-state index is 5.35. The Hall–Kier alpha value is -3.64. The standard InChI is InChI=1S/C30H35N5O/c1-5-7-26-29-22(12-15-31-26)19-27(25-8-6-9-28(33-25)36-4)34-30(29)32-23-10-11-24(20(2)18-23)21-13-16-35(3)17-14-21/h6-12,15,18-19,21,31H,5,13-14,16-17H2,1-4H3,(H,32,34)/b26-7-. The summed E-state index contributed by atoms with van der Waals surface area (Å²) < 4.78 is 5.35. The summed E-state index contributed by atoms with van der Waals surface area (Å²) in [7, 11) is 3.84. The minimum Gasteiger partial charge on any atom is -0.481 e. The van der Waals surface area contributed by atoms with E-state index in [1.807, 2.05) is 24.4 Å². The van der Waals surface area contributed by atoms with E-state index in [1.54, 1.807) is 7.11 Å². The molecule has 36 heavy (non-hydrogen) atoms. The molecule has 0 bridgehead atoms. The molecule has 1 aromatic carbocycles. The number of allylic oxidation sites excluding steroid dienone is 1. The molecule has 0 amide bonds. The van der Waals surface area contributed by atoms with Crippen LogP contribution in [0, 0.1) is 6.92 Å². The zero-order chi connectivity index (χ0) is 25.1. The zero-order valence-corrected chi connectivity index (χ0v) is 21.6. The third-order valence-corrected chi connectivity index (χ3v) is 7.12. The molecule has 0 saturated carbocycles. The number of benzene rings is 1. The second kappa shape index (κ2) is 10.5. The van der Waals surface area contributed by atoms with Gasteiger partial charge in [0.25, 0.3) is 0 Å². The van der Waals surface area contributed by atoms with Crippen molar-refractivity contribution in [1.82, 2.24) is 20.2 Å². The molecule has 0 unspecified atom stereocenters. The molecular formula is C30H35N5O. The van der Waals surface area contributed by atoms with Crippen LogP contribution in [0.1, 0.15) is 54.4 Å². The summed E-state index contributed by atoms with van der Waals surface area (Å²) in [6.07, 6.45) is 9.64. The highest BCUT2D eigenvalue weighted by Crippen LogP contribution is 2.36. The van der Waals surface area contributed by atoms with E-state index in [0.29, 0.717) is 11.8 Å². The number of fused-ring (bicyclic) bond motifs is 1. The van der Waals surface area contributed by atoms with Crippen LogP contribution >= 0.6 is 0 Å². The van der Waals surface area contributed by atoms with Crippen molar-refractivity contribution in [2.75, 3.05) is 32.6 Å². The predicted molar refractivity (Wildman–Crippen MR) is 148 cm³/mol. The second-order valence-corrected chi connectivity index (χ2v) is 9.66. The van der Waals surface area contributed by atoms with Gasteiger partial charge in [0.2, 0.25) is 5.88 Å². The number of likely N-dealkylation sites (tertiary alicyclic amines) is 1. The molecule has 0 spiro atoms. The molecule has 2 aliphatic rings. The molecule has 6 heteroatoms. The van der Waals surface area contributed by atoms with Crippen LogP contribution in [0.3, 0.4) is 0 Å². The lowest BCUT2D eigenvalue weighted by molar-refractivity contribution is 0.255. The van der Waals surface area contributed by atoms with Crippen molar-refractivity contribution in [3.05, 3.63) is 77.0 Å². The molecule has 5 rings (SSSR count). The SMILES string of the molecule is CC/C=C1\NC=Cc2cc(-c3cccc(OC)n3)nc(Nc3ccc(C4CCN(C)CC4)c(C)c3)c21. The van der Waals surface area contributed by atoms with Gasteiger partial charge in [0.1, 0.15) is 5.82 Å². The Morgan fingerprint density at radius 3 is 2.69 bits per heavy atom. The smallest absolute Gasteiger partial charge is 0.213 e. The number of piperidine rings is 1. The quantitative estimate of drug-likeness (QED) is 0.428. The van der Waals surface area contributed by atoms with Gasteiger partial charge >= 0.3 is 0 Å². The van der Waals surface area contributed by atoms with Crippen molar-refractivity contribution in [1.29, 1.82) is 0 Å². The Balaban J connectivity index is 1.53. The summed E-state index contributed by atoms with van der Waals surface area (Å²) in [4.78, 5) is 12.1. The second-order valence-electron chi connectivity index (χ2n) is 9.66. The van der Waals surface area contributed by atoms with Gasteiger partial charge < -0.3 is 20.3 Å². The normalized spacial score (nSPS) is 17.1. The molecule has 4 heterocycles. The highest BCUT2D eigenvalue weighted by Gasteiger charge is 2.22. The minimum absolute atomic E-state index is 0.574. The van der Waals surface area contributed by atoms with Crippen LogP contribution in [0.15, 0.2) is 54.7 Å². The summed E-state index contributed by atoms with van der Waals surface area (Å²) in [6, 6.07) is 14.6. The average Bonchev–Trinajstić information content (AvgIpc) is 2.89. The Bertz CT molecular complexity index is 1300. The van der Waals surface area contributed by atoms with Crippen LogP contribution < -0.4 is 15.4 Å². The summed E-state index contributed by atoms with van der Waals surface area (Å²) >= 11 is 0. The Morgan fingerprint density at radius 1 is 1.11 bits per heavy atom. The first kappa shape index (κ1) is 24.1. The number of pyridine rings is 2. The van der Waals surface area contributed by atoms with Crippen LogP contribution in [0.5, 0.6) is 5.88 Å². The van der Waals surface area contributed by atoms with Crippen LogP contribution in [-0.4, -0.2) is 42.1 Å². The highest BCUT2D eigenvalue weighted by molar-refractivity contribution is 5.87. The Labute approximate surface area is 214 Å². The third kappa shape index (κ3) is 5.00.